The highest BCUT2D eigenvalue weighted by atomic mass is 16.2. The normalized spacial score (nSPS) is 12.8. The zero-order chi connectivity index (χ0) is 13.8. The molecule has 0 aromatic heterocycles. The van der Waals surface area contributed by atoms with Crippen LogP contribution in [-0.4, -0.2) is 11.7 Å². The molecule has 0 spiro atoms. The number of amidine groups is 1. The third kappa shape index (κ3) is 3.09. The first-order valence-electron chi connectivity index (χ1n) is 6.10. The van der Waals surface area contributed by atoms with Crippen LogP contribution in [0.2, 0.25) is 0 Å². The summed E-state index contributed by atoms with van der Waals surface area (Å²) in [5, 5.41) is 10.4. The maximum atomic E-state index is 12.1. The lowest BCUT2D eigenvalue weighted by atomic mass is 9.90. The van der Waals surface area contributed by atoms with Crippen LogP contribution in [0.15, 0.2) is 30.3 Å². The number of nitrogens with one attached hydrogen (secondary N) is 2. The standard InChI is InChI=1S/C14H21N3O/c1-4-11(10-8-6-5-7-9-10)17-13(18)14(2,3)12(15)16/h5-9,11H,4H2,1-3H3,(H3,15,16)(H,17,18). The lowest BCUT2D eigenvalue weighted by Gasteiger charge is -2.26. The van der Waals surface area contributed by atoms with E-state index in [1.165, 1.54) is 0 Å². The number of hydrogen-bond donors (Lipinski definition) is 3. The number of carbonyl (C=O) groups is 1. The van der Waals surface area contributed by atoms with Crippen LogP contribution in [0.25, 0.3) is 0 Å². The average molecular weight is 247 g/mol. The van der Waals surface area contributed by atoms with Crippen LogP contribution in [0.3, 0.4) is 0 Å². The lowest BCUT2D eigenvalue weighted by molar-refractivity contribution is -0.127. The molecule has 0 aliphatic carbocycles. The van der Waals surface area contributed by atoms with E-state index in [0.29, 0.717) is 0 Å². The van der Waals surface area contributed by atoms with Gasteiger partial charge in [-0.25, -0.2) is 0 Å². The fourth-order valence-electron chi connectivity index (χ4n) is 1.57. The van der Waals surface area contributed by atoms with Crippen LogP contribution in [0.1, 0.15) is 38.8 Å². The molecule has 0 bridgehead atoms. The second-order valence-corrected chi connectivity index (χ2v) is 4.88. The van der Waals surface area contributed by atoms with Crippen molar-refractivity contribution in [2.45, 2.75) is 33.2 Å². The van der Waals surface area contributed by atoms with Gasteiger partial charge in [-0.3, -0.25) is 10.2 Å². The van der Waals surface area contributed by atoms with Gasteiger partial charge < -0.3 is 11.1 Å². The molecule has 1 aromatic rings. The van der Waals surface area contributed by atoms with E-state index in [0.717, 1.165) is 12.0 Å². The van der Waals surface area contributed by atoms with Gasteiger partial charge in [-0.1, -0.05) is 37.3 Å². The average Bonchev–Trinajstić information content (AvgIpc) is 2.36. The van der Waals surface area contributed by atoms with Gasteiger partial charge in [0, 0.05) is 0 Å². The van der Waals surface area contributed by atoms with Crippen molar-refractivity contribution < 1.29 is 4.79 Å². The topological polar surface area (TPSA) is 79.0 Å². The summed E-state index contributed by atoms with van der Waals surface area (Å²) in [5.74, 6) is -0.339. The molecular weight excluding hydrogens is 226 g/mol. The molecule has 0 radical (unpaired) electrons. The van der Waals surface area contributed by atoms with E-state index < -0.39 is 5.41 Å². The number of rotatable bonds is 5. The Hall–Kier alpha value is -1.84. The Morgan fingerprint density at radius 3 is 2.39 bits per heavy atom. The molecule has 1 unspecified atom stereocenters. The van der Waals surface area contributed by atoms with Crippen molar-refractivity contribution in [2.24, 2.45) is 11.1 Å². The van der Waals surface area contributed by atoms with Crippen LogP contribution in [-0.2, 0) is 4.79 Å². The van der Waals surface area contributed by atoms with Crippen molar-refractivity contribution in [3.8, 4) is 0 Å². The summed E-state index contributed by atoms with van der Waals surface area (Å²) in [6, 6.07) is 9.75. The predicted octanol–water partition coefficient (Wildman–Crippen LogP) is 2.22. The highest BCUT2D eigenvalue weighted by Gasteiger charge is 2.32. The second kappa shape index (κ2) is 5.67. The SMILES string of the molecule is CCC(NC(=O)C(C)(C)C(=N)N)c1ccccc1. The van der Waals surface area contributed by atoms with E-state index in [4.69, 9.17) is 11.1 Å². The van der Waals surface area contributed by atoms with Gasteiger partial charge in [0.25, 0.3) is 0 Å². The first-order chi connectivity index (χ1) is 8.39. The molecule has 18 heavy (non-hydrogen) atoms. The summed E-state index contributed by atoms with van der Waals surface area (Å²) in [6.07, 6.45) is 0.795. The number of benzene rings is 1. The first kappa shape index (κ1) is 14.2. The van der Waals surface area contributed by atoms with Crippen molar-refractivity contribution in [1.29, 1.82) is 5.41 Å². The summed E-state index contributed by atoms with van der Waals surface area (Å²) in [7, 11) is 0. The smallest absolute Gasteiger partial charge is 0.233 e. The van der Waals surface area contributed by atoms with Gasteiger partial charge in [0.05, 0.1) is 6.04 Å². The molecule has 1 atom stereocenters. The zero-order valence-electron chi connectivity index (χ0n) is 11.2. The third-order valence-corrected chi connectivity index (χ3v) is 3.16. The molecule has 4 heteroatoms. The van der Waals surface area contributed by atoms with Crippen LogP contribution in [0.4, 0.5) is 0 Å². The summed E-state index contributed by atoms with van der Waals surface area (Å²) >= 11 is 0. The van der Waals surface area contributed by atoms with E-state index in [1.807, 2.05) is 37.3 Å². The molecule has 1 rings (SSSR count). The fourth-order valence-corrected chi connectivity index (χ4v) is 1.57. The molecular formula is C14H21N3O. The molecule has 0 heterocycles. The van der Waals surface area contributed by atoms with Gasteiger partial charge in [0.1, 0.15) is 11.3 Å². The van der Waals surface area contributed by atoms with Crippen molar-refractivity contribution in [3.05, 3.63) is 35.9 Å². The van der Waals surface area contributed by atoms with E-state index in [1.54, 1.807) is 13.8 Å². The first-order valence-corrected chi connectivity index (χ1v) is 6.10. The van der Waals surface area contributed by atoms with Gasteiger partial charge in [-0.15, -0.1) is 0 Å². The summed E-state index contributed by atoms with van der Waals surface area (Å²) in [6.45, 7) is 5.32. The molecule has 0 saturated carbocycles. The Morgan fingerprint density at radius 2 is 1.94 bits per heavy atom. The molecule has 0 fully saturated rings. The Bertz CT molecular complexity index is 426. The minimum absolute atomic E-state index is 0.0441. The molecule has 0 aliphatic heterocycles. The minimum atomic E-state index is -0.970. The third-order valence-electron chi connectivity index (χ3n) is 3.16. The van der Waals surface area contributed by atoms with Crippen LogP contribution < -0.4 is 11.1 Å². The monoisotopic (exact) mass is 247 g/mol. The van der Waals surface area contributed by atoms with Crippen molar-refractivity contribution in [2.75, 3.05) is 0 Å². The Balaban J connectivity index is 2.82. The molecule has 1 aromatic carbocycles. The summed E-state index contributed by atoms with van der Waals surface area (Å²) < 4.78 is 0. The Labute approximate surface area is 108 Å². The van der Waals surface area contributed by atoms with Gasteiger partial charge in [0.2, 0.25) is 5.91 Å². The quantitative estimate of drug-likeness (QED) is 0.551. The summed E-state index contributed by atoms with van der Waals surface area (Å²) in [4.78, 5) is 12.1. The molecule has 0 aliphatic rings. The molecule has 4 N–H and O–H groups in total. The van der Waals surface area contributed by atoms with Crippen LogP contribution >= 0.6 is 0 Å². The highest BCUT2D eigenvalue weighted by molar-refractivity contribution is 6.04. The Kier molecular flexibility index (Phi) is 4.48. The van der Waals surface area contributed by atoms with Crippen LogP contribution in [0.5, 0.6) is 0 Å². The number of hydrogen-bond acceptors (Lipinski definition) is 2. The second-order valence-electron chi connectivity index (χ2n) is 4.88. The molecule has 0 saturated heterocycles. The largest absolute Gasteiger partial charge is 0.387 e. The Morgan fingerprint density at radius 1 is 1.39 bits per heavy atom. The van der Waals surface area contributed by atoms with Crippen molar-refractivity contribution in [1.82, 2.24) is 5.32 Å². The van der Waals surface area contributed by atoms with Gasteiger partial charge in [-0.2, -0.15) is 0 Å². The maximum Gasteiger partial charge on any atom is 0.233 e. The van der Waals surface area contributed by atoms with Gasteiger partial charge in [0.15, 0.2) is 0 Å². The van der Waals surface area contributed by atoms with E-state index in [-0.39, 0.29) is 17.8 Å². The van der Waals surface area contributed by atoms with Gasteiger partial charge >= 0.3 is 0 Å². The van der Waals surface area contributed by atoms with Crippen molar-refractivity contribution in [3.63, 3.8) is 0 Å². The van der Waals surface area contributed by atoms with Gasteiger partial charge in [-0.05, 0) is 25.8 Å². The van der Waals surface area contributed by atoms with E-state index >= 15 is 0 Å². The fraction of sp³-hybridized carbons (Fsp3) is 0.429. The molecule has 1 amide bonds. The van der Waals surface area contributed by atoms with Crippen molar-refractivity contribution >= 4 is 11.7 Å². The van der Waals surface area contributed by atoms with E-state index in [2.05, 4.69) is 5.32 Å². The lowest BCUT2D eigenvalue weighted by Crippen LogP contribution is -2.46. The van der Waals surface area contributed by atoms with E-state index in [9.17, 15) is 4.79 Å². The molecule has 4 nitrogen and oxygen atoms in total. The zero-order valence-corrected chi connectivity index (χ0v) is 11.2. The maximum absolute atomic E-state index is 12.1. The number of nitrogens with two attached hydrogens (primary N) is 1. The van der Waals surface area contributed by atoms with Crippen LogP contribution in [0, 0.1) is 10.8 Å². The number of amides is 1. The minimum Gasteiger partial charge on any atom is -0.387 e. The molecule has 98 valence electrons. The predicted molar refractivity (Wildman–Crippen MR) is 73.3 cm³/mol. The highest BCUT2D eigenvalue weighted by Crippen LogP contribution is 2.20. The number of carbonyl (C=O) groups excluding carboxylic acids is 1. The summed E-state index contributed by atoms with van der Waals surface area (Å²) in [5.41, 5.74) is 5.54.